The minimum atomic E-state index is -4.34. The Hall–Kier alpha value is -0.880. The van der Waals surface area contributed by atoms with Crippen molar-refractivity contribution in [3.63, 3.8) is 0 Å². The lowest BCUT2D eigenvalue weighted by atomic mass is 10.0. The summed E-state index contributed by atoms with van der Waals surface area (Å²) < 4.78 is 49.4. The van der Waals surface area contributed by atoms with Crippen LogP contribution in [0.4, 0.5) is 13.2 Å². The Morgan fingerprint density at radius 3 is 2.67 bits per heavy atom. The van der Waals surface area contributed by atoms with Crippen LogP contribution >= 0.6 is 0 Å². The molecule has 1 N–H and O–H groups in total. The number of nitrogens with one attached hydrogen (secondary N) is 1. The topological polar surface area (TPSA) is 29.1 Å². The molecular formula is C12H14F3NOS. The SMILES string of the molecule is CC1CS(=O)CC(c2cccc(C(F)(F)F)c2)N1. The van der Waals surface area contributed by atoms with Crippen LogP contribution in [-0.4, -0.2) is 21.8 Å². The molecule has 18 heavy (non-hydrogen) atoms. The first-order valence-corrected chi connectivity index (χ1v) is 7.13. The van der Waals surface area contributed by atoms with E-state index in [1.165, 1.54) is 6.07 Å². The fraction of sp³-hybridized carbons (Fsp3) is 0.500. The van der Waals surface area contributed by atoms with E-state index in [-0.39, 0.29) is 12.1 Å². The van der Waals surface area contributed by atoms with Gasteiger partial charge < -0.3 is 5.32 Å². The van der Waals surface area contributed by atoms with Crippen LogP contribution in [0.25, 0.3) is 0 Å². The molecule has 100 valence electrons. The fourth-order valence-corrected chi connectivity index (χ4v) is 3.55. The fourth-order valence-electron chi connectivity index (χ4n) is 2.10. The van der Waals surface area contributed by atoms with Crippen LogP contribution in [-0.2, 0) is 17.0 Å². The number of halogens is 3. The highest BCUT2D eigenvalue weighted by molar-refractivity contribution is 7.85. The molecule has 1 saturated heterocycles. The number of alkyl halides is 3. The number of hydrogen-bond acceptors (Lipinski definition) is 2. The van der Waals surface area contributed by atoms with Crippen molar-refractivity contribution in [2.45, 2.75) is 25.2 Å². The Bertz CT molecular complexity index is 461. The maximum absolute atomic E-state index is 12.6. The van der Waals surface area contributed by atoms with Gasteiger partial charge in [-0.3, -0.25) is 4.21 Å². The van der Waals surface area contributed by atoms with Gasteiger partial charge in [0.25, 0.3) is 0 Å². The maximum Gasteiger partial charge on any atom is 0.416 e. The third kappa shape index (κ3) is 3.11. The summed E-state index contributed by atoms with van der Waals surface area (Å²) in [7, 11) is -0.972. The molecule has 1 aliphatic heterocycles. The molecular weight excluding hydrogens is 263 g/mol. The summed E-state index contributed by atoms with van der Waals surface area (Å²) in [5.41, 5.74) is -0.115. The summed E-state index contributed by atoms with van der Waals surface area (Å²) in [5, 5.41) is 3.18. The average Bonchev–Trinajstić information content (AvgIpc) is 2.27. The average molecular weight is 277 g/mol. The Morgan fingerprint density at radius 1 is 1.33 bits per heavy atom. The van der Waals surface area contributed by atoms with E-state index in [4.69, 9.17) is 0 Å². The van der Waals surface area contributed by atoms with Crippen LogP contribution in [0.5, 0.6) is 0 Å². The zero-order valence-electron chi connectivity index (χ0n) is 9.83. The van der Waals surface area contributed by atoms with E-state index in [1.807, 2.05) is 6.92 Å². The van der Waals surface area contributed by atoms with Gasteiger partial charge in [-0.15, -0.1) is 0 Å². The summed E-state index contributed by atoms with van der Waals surface area (Å²) in [6, 6.07) is 5.00. The Balaban J connectivity index is 2.25. The molecule has 1 fully saturated rings. The molecule has 0 saturated carbocycles. The van der Waals surface area contributed by atoms with Crippen LogP contribution in [0, 0.1) is 0 Å². The monoisotopic (exact) mass is 277 g/mol. The van der Waals surface area contributed by atoms with Gasteiger partial charge in [-0.1, -0.05) is 12.1 Å². The molecule has 1 aromatic carbocycles. The highest BCUT2D eigenvalue weighted by Crippen LogP contribution is 2.31. The smallest absolute Gasteiger partial charge is 0.306 e. The zero-order chi connectivity index (χ0) is 13.3. The molecule has 1 aromatic rings. The molecule has 0 radical (unpaired) electrons. The van der Waals surface area contributed by atoms with Gasteiger partial charge in [0.05, 0.1) is 5.56 Å². The number of benzene rings is 1. The van der Waals surface area contributed by atoms with E-state index in [0.29, 0.717) is 17.1 Å². The molecule has 3 atom stereocenters. The van der Waals surface area contributed by atoms with Crippen LogP contribution in [0.15, 0.2) is 24.3 Å². The van der Waals surface area contributed by atoms with Gasteiger partial charge in [-0.2, -0.15) is 13.2 Å². The second kappa shape index (κ2) is 5.01. The molecule has 1 heterocycles. The highest BCUT2D eigenvalue weighted by Gasteiger charge is 2.32. The van der Waals surface area contributed by atoms with Crippen molar-refractivity contribution in [3.8, 4) is 0 Å². The molecule has 3 unspecified atom stereocenters. The highest BCUT2D eigenvalue weighted by atomic mass is 32.2. The van der Waals surface area contributed by atoms with Gasteiger partial charge in [0, 0.05) is 34.4 Å². The van der Waals surface area contributed by atoms with Crippen LogP contribution < -0.4 is 5.32 Å². The minimum absolute atomic E-state index is 0.0547. The summed E-state index contributed by atoms with van der Waals surface area (Å²) in [4.78, 5) is 0. The predicted octanol–water partition coefficient (Wildman–Crippen LogP) is 2.49. The standard InChI is InChI=1S/C12H14F3NOS/c1-8-6-18(17)7-11(16-8)9-3-2-4-10(5-9)12(13,14)15/h2-5,8,11,16H,6-7H2,1H3. The molecule has 6 heteroatoms. The van der Waals surface area contributed by atoms with Crippen molar-refractivity contribution in [3.05, 3.63) is 35.4 Å². The van der Waals surface area contributed by atoms with E-state index in [2.05, 4.69) is 5.32 Å². The lowest BCUT2D eigenvalue weighted by Crippen LogP contribution is -2.43. The maximum atomic E-state index is 12.6. The molecule has 0 bridgehead atoms. The number of rotatable bonds is 1. The normalized spacial score (nSPS) is 29.2. The quantitative estimate of drug-likeness (QED) is 0.854. The van der Waals surface area contributed by atoms with E-state index >= 15 is 0 Å². The Morgan fingerprint density at radius 2 is 2.06 bits per heavy atom. The largest absolute Gasteiger partial charge is 0.416 e. The van der Waals surface area contributed by atoms with Crippen molar-refractivity contribution < 1.29 is 17.4 Å². The van der Waals surface area contributed by atoms with Crippen LogP contribution in [0.2, 0.25) is 0 Å². The first kappa shape index (κ1) is 13.5. The second-order valence-corrected chi connectivity index (χ2v) is 6.06. The molecule has 1 aliphatic rings. The summed E-state index contributed by atoms with van der Waals surface area (Å²) >= 11 is 0. The van der Waals surface area contributed by atoms with E-state index in [9.17, 15) is 17.4 Å². The first-order valence-electron chi connectivity index (χ1n) is 5.64. The van der Waals surface area contributed by atoms with Gasteiger partial charge in [0.15, 0.2) is 0 Å². The van der Waals surface area contributed by atoms with Crippen molar-refractivity contribution in [1.29, 1.82) is 0 Å². The summed E-state index contributed by atoms with van der Waals surface area (Å²) in [6.07, 6.45) is -4.34. The Kier molecular flexibility index (Phi) is 3.77. The van der Waals surface area contributed by atoms with Crippen molar-refractivity contribution in [1.82, 2.24) is 5.32 Å². The van der Waals surface area contributed by atoms with Crippen molar-refractivity contribution in [2.24, 2.45) is 0 Å². The van der Waals surface area contributed by atoms with Gasteiger partial charge in [-0.05, 0) is 24.6 Å². The predicted molar refractivity (Wildman–Crippen MR) is 64.7 cm³/mol. The lowest BCUT2D eigenvalue weighted by Gasteiger charge is -2.29. The van der Waals surface area contributed by atoms with E-state index in [0.717, 1.165) is 12.1 Å². The zero-order valence-corrected chi connectivity index (χ0v) is 10.6. The number of hydrogen-bond donors (Lipinski definition) is 1. The summed E-state index contributed by atoms with van der Waals surface area (Å²) in [5.74, 6) is 0.918. The van der Waals surface area contributed by atoms with Crippen LogP contribution in [0.1, 0.15) is 24.1 Å². The molecule has 0 amide bonds. The van der Waals surface area contributed by atoms with Gasteiger partial charge >= 0.3 is 6.18 Å². The molecule has 0 spiro atoms. The van der Waals surface area contributed by atoms with Gasteiger partial charge in [0.2, 0.25) is 0 Å². The van der Waals surface area contributed by atoms with Crippen molar-refractivity contribution >= 4 is 10.8 Å². The van der Waals surface area contributed by atoms with Crippen molar-refractivity contribution in [2.75, 3.05) is 11.5 Å². The third-order valence-corrected chi connectivity index (χ3v) is 4.47. The molecule has 2 rings (SSSR count). The van der Waals surface area contributed by atoms with E-state index < -0.39 is 22.5 Å². The van der Waals surface area contributed by atoms with Gasteiger partial charge in [-0.25, -0.2) is 0 Å². The third-order valence-electron chi connectivity index (χ3n) is 2.89. The molecule has 0 aromatic heterocycles. The summed E-state index contributed by atoms with van der Waals surface area (Å²) in [6.45, 7) is 1.89. The first-order chi connectivity index (χ1) is 8.36. The Labute approximate surface area is 106 Å². The second-order valence-electron chi connectivity index (χ2n) is 4.52. The molecule has 0 aliphatic carbocycles. The van der Waals surface area contributed by atoms with E-state index in [1.54, 1.807) is 6.07 Å². The lowest BCUT2D eigenvalue weighted by molar-refractivity contribution is -0.137. The molecule has 2 nitrogen and oxygen atoms in total. The van der Waals surface area contributed by atoms with Gasteiger partial charge in [0.1, 0.15) is 0 Å². The van der Waals surface area contributed by atoms with Crippen LogP contribution in [0.3, 0.4) is 0 Å². The minimum Gasteiger partial charge on any atom is -0.306 e.